The minimum atomic E-state index is 1.10. The second-order valence-electron chi connectivity index (χ2n) is 34.1. The first-order chi connectivity index (χ1) is 59.1. The van der Waals surface area contributed by atoms with Crippen LogP contribution in [0.2, 0.25) is 0 Å². The Bertz CT molecular complexity index is 5160. The van der Waals surface area contributed by atoms with Crippen LogP contribution in [0, 0.1) is 11.8 Å². The van der Waals surface area contributed by atoms with Crippen molar-refractivity contribution in [2.24, 2.45) is 11.8 Å². The van der Waals surface area contributed by atoms with E-state index in [1.165, 1.54) is 257 Å². The molecule has 0 heteroatoms. The number of rotatable bonds is 0. The lowest BCUT2D eigenvalue weighted by Crippen LogP contribution is -2.22. The first-order valence-corrected chi connectivity index (χ1v) is 45.7. The summed E-state index contributed by atoms with van der Waals surface area (Å²) < 4.78 is 0. The Morgan fingerprint density at radius 2 is 0.504 bits per heavy atom. The first-order valence-electron chi connectivity index (χ1n) is 45.7. The van der Waals surface area contributed by atoms with Gasteiger partial charge in [0, 0.05) is 0 Å². The molecular formula is C119H124. The quantitative estimate of drug-likeness (QED) is 0.133. The predicted molar refractivity (Wildman–Crippen MR) is 514 cm³/mol. The zero-order valence-corrected chi connectivity index (χ0v) is 70.7. The number of hydrogen-bond donors (Lipinski definition) is 0. The molecule has 0 spiro atoms. The maximum Gasteiger partial charge on any atom is -0.00135 e. The lowest BCUT2D eigenvalue weighted by Gasteiger charge is -2.35. The molecule has 0 nitrogen and oxygen atoms in total. The number of aryl methyl sites for hydroxylation is 6. The molecule has 14 aliphatic rings. The average molecular weight is 1550 g/mol. The highest BCUT2D eigenvalue weighted by Crippen LogP contribution is 2.41. The van der Waals surface area contributed by atoms with Crippen molar-refractivity contribution in [1.29, 1.82) is 0 Å². The van der Waals surface area contributed by atoms with Crippen LogP contribution in [0.3, 0.4) is 0 Å². The molecule has 12 aromatic rings. The zero-order valence-electron chi connectivity index (χ0n) is 70.7. The second kappa shape index (κ2) is 44.6. The summed E-state index contributed by atoms with van der Waals surface area (Å²) in [5.41, 5.74) is 32.8. The molecule has 0 N–H and O–H groups in total. The Kier molecular flexibility index (Phi) is 31.1. The van der Waals surface area contributed by atoms with Crippen LogP contribution in [0.15, 0.2) is 380 Å². The Morgan fingerprint density at radius 3 is 0.874 bits per heavy atom. The molecule has 0 aromatic heterocycles. The fourth-order valence-corrected chi connectivity index (χ4v) is 19.5. The summed E-state index contributed by atoms with van der Waals surface area (Å²) in [6, 6.07) is 99.7. The van der Waals surface area contributed by atoms with Gasteiger partial charge in [-0.2, -0.15) is 0 Å². The maximum absolute atomic E-state index is 2.26. The summed E-state index contributed by atoms with van der Waals surface area (Å²) in [7, 11) is 0. The Labute approximate surface area is 714 Å². The zero-order chi connectivity index (χ0) is 80.5. The van der Waals surface area contributed by atoms with Crippen molar-refractivity contribution in [2.75, 3.05) is 0 Å². The third-order valence-corrected chi connectivity index (χ3v) is 26.1. The number of hydrogen-bond acceptors (Lipinski definition) is 0. The summed E-state index contributed by atoms with van der Waals surface area (Å²) in [4.78, 5) is 0. The number of fused-ring (bicyclic) bond motifs is 14. The highest BCUT2D eigenvalue weighted by atomic mass is 14.3. The van der Waals surface area contributed by atoms with Crippen LogP contribution in [0.25, 0.3) is 49.9 Å². The predicted octanol–water partition coefficient (Wildman–Crippen LogP) is 32.1. The molecule has 14 aliphatic carbocycles. The first kappa shape index (κ1) is 82.9. The lowest BCUT2D eigenvalue weighted by atomic mass is 9.71. The van der Waals surface area contributed by atoms with Gasteiger partial charge in [0.2, 0.25) is 0 Å². The van der Waals surface area contributed by atoms with Crippen LogP contribution < -0.4 is 0 Å². The van der Waals surface area contributed by atoms with E-state index in [0.717, 1.165) is 43.9 Å². The van der Waals surface area contributed by atoms with Gasteiger partial charge in [-0.1, -0.05) is 441 Å². The van der Waals surface area contributed by atoms with Crippen LogP contribution in [0.1, 0.15) is 213 Å². The van der Waals surface area contributed by atoms with Crippen LogP contribution >= 0.6 is 0 Å². The molecule has 0 saturated heterocycles. The van der Waals surface area contributed by atoms with Crippen molar-refractivity contribution < 1.29 is 0 Å². The standard InChI is InChI=1S/2C14H12.C14H10.C13H10.C10H18.C10H12.C9H10.C9H8.2C8H8.C5H10.C5H6/c1-3-7-13-11(5-1)9-10-12-6-2-4-8-14(12)13;2*1-2-6-12-10-14-8-4-3-7-13(14)9-11(12)5-1;1-3-7-12-10(5-1)9-11-6-2-4-8-13(11)12;2*1-2-6-10-8-4-3-7-9(10)5-1;2*1-2-5-9-7-3-6-8(9)4-1;2*1-3-7-5-2-6-8(7)4-1;2*1-2-4-5-3-1/h2*1-8H,9-10H2;1-10H;1-8H,9H2;9-10H,1-8H2;1-2,5-6H,3-4,7-8H2;1-2,4-5H,3,6-7H2;1-6H,7H2;1-3,6H,4-5H2;1-3,5H,4,6H2;1-5H2;1-4H,5H2. The lowest BCUT2D eigenvalue weighted by molar-refractivity contribution is 0.171. The molecule has 0 radical (unpaired) electrons. The third-order valence-electron chi connectivity index (χ3n) is 26.1. The molecule has 119 heavy (non-hydrogen) atoms. The Hall–Kier alpha value is -11.2. The molecule has 0 atom stereocenters. The van der Waals surface area contributed by atoms with Gasteiger partial charge in [-0.3, -0.25) is 0 Å². The van der Waals surface area contributed by atoms with E-state index < -0.39 is 0 Å². The van der Waals surface area contributed by atoms with E-state index in [2.05, 4.69) is 364 Å². The summed E-state index contributed by atoms with van der Waals surface area (Å²) in [6.45, 7) is 0. The minimum absolute atomic E-state index is 1.10. The fourth-order valence-electron chi connectivity index (χ4n) is 19.5. The van der Waals surface area contributed by atoms with Crippen molar-refractivity contribution >= 4 is 27.6 Å². The molecule has 12 aromatic carbocycles. The van der Waals surface area contributed by atoms with E-state index in [1.807, 2.05) is 0 Å². The van der Waals surface area contributed by atoms with Crippen LogP contribution in [-0.2, 0) is 64.2 Å². The smallest absolute Gasteiger partial charge is 0.00135 e. The maximum atomic E-state index is 2.26. The summed E-state index contributed by atoms with van der Waals surface area (Å²) in [6.07, 6.45) is 72.4. The number of allylic oxidation sites excluding steroid dienone is 17. The van der Waals surface area contributed by atoms with E-state index in [0.29, 0.717) is 0 Å². The molecule has 3 fully saturated rings. The topological polar surface area (TPSA) is 0 Å². The molecule has 0 unspecified atom stereocenters. The van der Waals surface area contributed by atoms with Gasteiger partial charge in [0.15, 0.2) is 0 Å². The Balaban J connectivity index is 0.000000102. The van der Waals surface area contributed by atoms with E-state index >= 15 is 0 Å². The molecular weight excluding hydrogens is 1430 g/mol. The second-order valence-corrected chi connectivity index (χ2v) is 34.1. The van der Waals surface area contributed by atoms with Crippen LogP contribution in [0.5, 0.6) is 0 Å². The van der Waals surface area contributed by atoms with Crippen molar-refractivity contribution in [1.82, 2.24) is 0 Å². The van der Waals surface area contributed by atoms with E-state index in [-0.39, 0.29) is 0 Å². The monoisotopic (exact) mass is 1550 g/mol. The molecule has 0 bridgehead atoms. The highest BCUT2D eigenvalue weighted by Gasteiger charge is 2.27. The largest absolute Gasteiger partial charge is 0.0808 e. The molecule has 0 heterocycles. The van der Waals surface area contributed by atoms with E-state index in [9.17, 15) is 0 Å². The van der Waals surface area contributed by atoms with Gasteiger partial charge in [-0.15, -0.1) is 0 Å². The van der Waals surface area contributed by atoms with Crippen molar-refractivity contribution in [3.63, 3.8) is 0 Å². The van der Waals surface area contributed by atoms with E-state index in [1.54, 1.807) is 53.5 Å². The van der Waals surface area contributed by atoms with E-state index in [4.69, 9.17) is 0 Å². The van der Waals surface area contributed by atoms with Gasteiger partial charge >= 0.3 is 0 Å². The number of benzene rings is 12. The molecule has 600 valence electrons. The fraction of sp³-hybridized carbons (Fsp3) is 0.277. The molecule has 0 aliphatic heterocycles. The normalized spacial score (nSPS) is 17.6. The van der Waals surface area contributed by atoms with Crippen LogP contribution in [0.4, 0.5) is 0 Å². The van der Waals surface area contributed by atoms with Crippen molar-refractivity contribution in [3.05, 3.63) is 458 Å². The van der Waals surface area contributed by atoms with Gasteiger partial charge in [0.1, 0.15) is 0 Å². The molecule has 26 rings (SSSR count). The summed E-state index contributed by atoms with van der Waals surface area (Å²) >= 11 is 0. The molecule has 0 amide bonds. The summed E-state index contributed by atoms with van der Waals surface area (Å²) in [5.74, 6) is 2.31. The third kappa shape index (κ3) is 23.9. The highest BCUT2D eigenvalue weighted by molar-refractivity contribution is 5.98. The van der Waals surface area contributed by atoms with Gasteiger partial charge in [0.05, 0.1) is 0 Å². The average Bonchev–Trinajstić information content (AvgIpc) is 1.77. The SMILES string of the molecule is C1=CC2=C(C1)CC=C2.C1=CC2=C(C=CC2)C1.C1=CCC=C1.C1=Cc2ccccc2C1.C1CCC2CCCCC2C1.C1CCCC1.c1ccc2c(c1)CCC2.c1ccc2c(c1)CCCC2.c1ccc2c(c1)CCc1ccccc1-2.c1ccc2c(c1)Cc1ccccc1-2.c1ccc2c(c1)Cc1ccccc1C2.c1ccc2cc3ccccc3cc2c1. The Morgan fingerprint density at radius 1 is 0.202 bits per heavy atom. The summed E-state index contributed by atoms with van der Waals surface area (Å²) in [5, 5.41) is 5.25. The van der Waals surface area contributed by atoms with Crippen molar-refractivity contribution in [3.8, 4) is 22.3 Å². The minimum Gasteiger partial charge on any atom is -0.0808 e. The molecule has 3 saturated carbocycles. The van der Waals surface area contributed by atoms with Gasteiger partial charge in [-0.25, -0.2) is 0 Å². The van der Waals surface area contributed by atoms with Crippen LogP contribution in [-0.4, -0.2) is 0 Å². The van der Waals surface area contributed by atoms with Gasteiger partial charge < -0.3 is 0 Å². The van der Waals surface area contributed by atoms with Gasteiger partial charge in [-0.05, 0) is 278 Å². The van der Waals surface area contributed by atoms with Crippen molar-refractivity contribution in [2.45, 2.75) is 199 Å². The van der Waals surface area contributed by atoms with Gasteiger partial charge in [0.25, 0.3) is 0 Å².